The van der Waals surface area contributed by atoms with Crippen LogP contribution in [0.3, 0.4) is 0 Å². The molecule has 0 aliphatic heterocycles. The van der Waals surface area contributed by atoms with Crippen molar-refractivity contribution < 1.29 is 10.2 Å². The van der Waals surface area contributed by atoms with E-state index in [9.17, 15) is 10.2 Å². The maximum atomic E-state index is 9.58. The minimum Gasteiger partial charge on any atom is -0.364 e. The summed E-state index contributed by atoms with van der Waals surface area (Å²) in [5.41, 5.74) is 6.01. The average Bonchev–Trinajstić information content (AvgIpc) is 3.29. The summed E-state index contributed by atoms with van der Waals surface area (Å²) in [6.45, 7) is 19.9. The van der Waals surface area contributed by atoms with E-state index in [4.69, 9.17) is 0 Å². The third-order valence-electron chi connectivity index (χ3n) is 14.0. The number of rotatable bonds is 3. The van der Waals surface area contributed by atoms with Crippen molar-refractivity contribution >= 4 is 5.57 Å². The fourth-order valence-corrected chi connectivity index (χ4v) is 12.1. The maximum absolute atomic E-state index is 9.58. The lowest BCUT2D eigenvalue weighted by Gasteiger charge is -2.71. The zero-order valence-electron chi connectivity index (χ0n) is 24.9. The van der Waals surface area contributed by atoms with Crippen LogP contribution in [0.4, 0.5) is 0 Å². The van der Waals surface area contributed by atoms with Crippen LogP contribution in [-0.4, -0.2) is 10.2 Å². The second kappa shape index (κ2) is 8.81. The van der Waals surface area contributed by atoms with Crippen molar-refractivity contribution in [2.75, 3.05) is 0 Å². The molecule has 6 rings (SSSR count). The van der Waals surface area contributed by atoms with E-state index in [1.165, 1.54) is 74.5 Å². The van der Waals surface area contributed by atoms with Crippen LogP contribution in [0.2, 0.25) is 0 Å². The van der Waals surface area contributed by atoms with Crippen molar-refractivity contribution in [1.29, 1.82) is 0 Å². The predicted molar refractivity (Wildman–Crippen MR) is 157 cm³/mol. The van der Waals surface area contributed by atoms with E-state index >= 15 is 0 Å². The van der Waals surface area contributed by atoms with Crippen LogP contribution in [0.5, 0.6) is 0 Å². The Labute approximate surface area is 232 Å². The highest BCUT2D eigenvalue weighted by atomic mass is 16.5. The van der Waals surface area contributed by atoms with E-state index in [1.54, 1.807) is 0 Å². The monoisotopic (exact) mass is 516 g/mol. The summed E-state index contributed by atoms with van der Waals surface area (Å²) < 4.78 is 0. The van der Waals surface area contributed by atoms with Crippen molar-refractivity contribution in [3.05, 3.63) is 53.6 Å². The molecule has 0 radical (unpaired) electrons. The summed E-state index contributed by atoms with van der Waals surface area (Å²) in [6, 6.07) is 7.95. The lowest BCUT2D eigenvalue weighted by atomic mass is 9.33. The molecule has 1 aromatic rings. The molecule has 0 bridgehead atoms. The van der Waals surface area contributed by atoms with Crippen LogP contribution in [0, 0.1) is 57.2 Å². The number of aliphatic hydroxyl groups excluding tert-OH is 1. The Morgan fingerprint density at radius 3 is 2.18 bits per heavy atom. The van der Waals surface area contributed by atoms with Gasteiger partial charge >= 0.3 is 0 Å². The molecule has 0 saturated heterocycles. The fourth-order valence-electron chi connectivity index (χ4n) is 12.1. The molecule has 0 aromatic heterocycles. The summed E-state index contributed by atoms with van der Waals surface area (Å²) >= 11 is 0. The average molecular weight is 517 g/mol. The second-order valence-corrected chi connectivity index (χ2v) is 15.6. The minimum absolute atomic E-state index is 0.0968. The van der Waals surface area contributed by atoms with Crippen molar-refractivity contribution in [2.45, 2.75) is 106 Å². The molecule has 2 N–H and O–H groups in total. The van der Waals surface area contributed by atoms with Gasteiger partial charge in [0.25, 0.3) is 0 Å². The van der Waals surface area contributed by atoms with Gasteiger partial charge in [0.2, 0.25) is 0 Å². The molecule has 9 unspecified atom stereocenters. The molecule has 9 atom stereocenters. The standard InChI is InChI=1S/C36H52O2/c1-22(2)26-13-12-24-16-20-35(6)28(31(24)26)14-15-30-34(5)19-17-27(23-8-10-25(11-9-23)32(37)38)33(3,4)29(34)18-21-36(30,35)7/h8-11,17,24,26,28-32,37-38H,1,12-16,18-21H2,2-7H3. The molecule has 5 aliphatic rings. The predicted octanol–water partition coefficient (Wildman–Crippen LogP) is 8.95. The molecule has 1 aromatic carbocycles. The van der Waals surface area contributed by atoms with Crippen molar-refractivity contribution in [3.8, 4) is 0 Å². The normalized spacial score (nSPS) is 45.4. The second-order valence-electron chi connectivity index (χ2n) is 15.6. The van der Waals surface area contributed by atoms with Crippen LogP contribution in [0.1, 0.15) is 117 Å². The third-order valence-corrected chi connectivity index (χ3v) is 14.0. The van der Waals surface area contributed by atoms with Gasteiger partial charge in [-0.2, -0.15) is 0 Å². The number of hydrogen-bond acceptors (Lipinski definition) is 2. The van der Waals surface area contributed by atoms with Crippen LogP contribution in [0.25, 0.3) is 5.57 Å². The van der Waals surface area contributed by atoms with Gasteiger partial charge in [-0.1, -0.05) is 77.1 Å². The van der Waals surface area contributed by atoms with E-state index in [1.807, 2.05) is 12.1 Å². The molecule has 4 saturated carbocycles. The molecular formula is C36H52O2. The van der Waals surface area contributed by atoms with Gasteiger partial charge in [-0.05, 0) is 133 Å². The molecule has 2 heteroatoms. The molecule has 208 valence electrons. The zero-order chi connectivity index (χ0) is 27.3. The van der Waals surface area contributed by atoms with Gasteiger partial charge in [-0.25, -0.2) is 0 Å². The highest BCUT2D eigenvalue weighted by Crippen LogP contribution is 2.76. The zero-order valence-corrected chi connectivity index (χ0v) is 24.9. The van der Waals surface area contributed by atoms with Crippen molar-refractivity contribution in [2.24, 2.45) is 57.2 Å². The first kappa shape index (κ1) is 26.8. The van der Waals surface area contributed by atoms with E-state index in [2.05, 4.69) is 66.3 Å². The minimum atomic E-state index is -1.40. The number of benzene rings is 1. The SMILES string of the molecule is C=C(C)C1CCC2CCC3(C)C(CCC4C5(C)CC=C(c6ccc(C(O)O)cc6)C(C)(C)C5CCC43C)C21. The Morgan fingerprint density at radius 1 is 0.842 bits per heavy atom. The van der Waals surface area contributed by atoms with Gasteiger partial charge in [-0.3, -0.25) is 0 Å². The Bertz CT molecular complexity index is 1130. The quantitative estimate of drug-likeness (QED) is 0.311. The first-order valence-electron chi connectivity index (χ1n) is 15.7. The molecule has 2 nitrogen and oxygen atoms in total. The topological polar surface area (TPSA) is 40.5 Å². The fraction of sp³-hybridized carbons (Fsp3) is 0.722. The Balaban J connectivity index is 1.34. The van der Waals surface area contributed by atoms with Gasteiger partial charge < -0.3 is 10.2 Å². The van der Waals surface area contributed by atoms with E-state index in [-0.39, 0.29) is 5.41 Å². The lowest BCUT2D eigenvalue weighted by Crippen LogP contribution is -2.64. The molecule has 0 amide bonds. The molecule has 5 aliphatic carbocycles. The van der Waals surface area contributed by atoms with Gasteiger partial charge in [0.05, 0.1) is 0 Å². The van der Waals surface area contributed by atoms with E-state index in [0.29, 0.717) is 27.7 Å². The summed E-state index contributed by atoms with van der Waals surface area (Å²) in [6.07, 6.45) is 13.6. The Hall–Kier alpha value is -1.38. The molecule has 0 heterocycles. The van der Waals surface area contributed by atoms with Gasteiger partial charge in [-0.15, -0.1) is 0 Å². The van der Waals surface area contributed by atoms with Crippen LogP contribution in [-0.2, 0) is 0 Å². The number of aliphatic hydroxyl groups is 2. The first-order chi connectivity index (χ1) is 17.8. The summed E-state index contributed by atoms with van der Waals surface area (Å²) in [5.74, 6) is 4.90. The Kier molecular flexibility index (Phi) is 6.22. The summed E-state index contributed by atoms with van der Waals surface area (Å²) in [4.78, 5) is 0. The molecule has 0 spiro atoms. The number of fused-ring (bicyclic) bond motifs is 7. The van der Waals surface area contributed by atoms with Gasteiger partial charge in [0.1, 0.15) is 0 Å². The molecule has 4 fully saturated rings. The third kappa shape index (κ3) is 3.51. The molecular weight excluding hydrogens is 464 g/mol. The lowest BCUT2D eigenvalue weighted by molar-refractivity contribution is -0.215. The first-order valence-corrected chi connectivity index (χ1v) is 15.7. The Morgan fingerprint density at radius 2 is 1.53 bits per heavy atom. The van der Waals surface area contributed by atoms with E-state index in [0.717, 1.165) is 29.6 Å². The highest BCUT2D eigenvalue weighted by Gasteiger charge is 2.68. The van der Waals surface area contributed by atoms with Gasteiger partial charge in [0.15, 0.2) is 6.29 Å². The van der Waals surface area contributed by atoms with Crippen LogP contribution < -0.4 is 0 Å². The largest absolute Gasteiger partial charge is 0.364 e. The van der Waals surface area contributed by atoms with Crippen molar-refractivity contribution in [3.63, 3.8) is 0 Å². The number of allylic oxidation sites excluding steroid dienone is 3. The molecule has 38 heavy (non-hydrogen) atoms. The maximum Gasteiger partial charge on any atom is 0.178 e. The highest BCUT2D eigenvalue weighted by molar-refractivity contribution is 5.71. The van der Waals surface area contributed by atoms with Gasteiger partial charge in [0, 0.05) is 5.56 Å². The smallest absolute Gasteiger partial charge is 0.178 e. The van der Waals surface area contributed by atoms with Crippen molar-refractivity contribution in [1.82, 2.24) is 0 Å². The number of hydrogen-bond donors (Lipinski definition) is 2. The van der Waals surface area contributed by atoms with Crippen LogP contribution in [0.15, 0.2) is 42.5 Å². The van der Waals surface area contributed by atoms with E-state index < -0.39 is 6.29 Å². The van der Waals surface area contributed by atoms with Crippen LogP contribution >= 0.6 is 0 Å². The summed E-state index contributed by atoms with van der Waals surface area (Å²) in [5, 5.41) is 19.2. The summed E-state index contributed by atoms with van der Waals surface area (Å²) in [7, 11) is 0.